The molecule has 0 N–H and O–H groups in total. The third-order valence-electron chi connectivity index (χ3n) is 3.18. The van der Waals surface area contributed by atoms with E-state index in [9.17, 15) is 0 Å². The van der Waals surface area contributed by atoms with E-state index in [1.54, 1.807) is 0 Å². The highest BCUT2D eigenvalue weighted by molar-refractivity contribution is 9.11. The number of para-hydroxylation sites is 1. The summed E-state index contributed by atoms with van der Waals surface area (Å²) in [5, 5.41) is 4.42. The summed E-state index contributed by atoms with van der Waals surface area (Å²) in [6.07, 6.45) is 1.03. The molecule has 1 atom stereocenters. The SMILES string of the molecule is Brc1cc(Br)n(CC2CCOc3ccccc32)n1. The van der Waals surface area contributed by atoms with Crippen molar-refractivity contribution in [2.24, 2.45) is 0 Å². The molecule has 0 bridgehead atoms. The van der Waals surface area contributed by atoms with Crippen molar-refractivity contribution in [3.8, 4) is 5.75 Å². The zero-order chi connectivity index (χ0) is 12.5. The molecule has 18 heavy (non-hydrogen) atoms. The van der Waals surface area contributed by atoms with Crippen LogP contribution in [0.4, 0.5) is 0 Å². The number of aromatic nitrogens is 2. The minimum Gasteiger partial charge on any atom is -0.493 e. The van der Waals surface area contributed by atoms with E-state index < -0.39 is 0 Å². The van der Waals surface area contributed by atoms with Gasteiger partial charge in [0.1, 0.15) is 15.0 Å². The first-order chi connectivity index (χ1) is 8.74. The maximum atomic E-state index is 5.68. The van der Waals surface area contributed by atoms with Crippen LogP contribution in [-0.2, 0) is 6.54 Å². The Morgan fingerprint density at radius 2 is 2.17 bits per heavy atom. The van der Waals surface area contributed by atoms with Gasteiger partial charge < -0.3 is 4.74 Å². The van der Waals surface area contributed by atoms with E-state index in [0.717, 1.165) is 34.5 Å². The maximum Gasteiger partial charge on any atom is 0.129 e. The van der Waals surface area contributed by atoms with Gasteiger partial charge in [0.25, 0.3) is 0 Å². The Hall–Kier alpha value is -0.810. The molecule has 1 aromatic heterocycles. The van der Waals surface area contributed by atoms with Crippen molar-refractivity contribution in [3.63, 3.8) is 0 Å². The zero-order valence-corrected chi connectivity index (χ0v) is 12.8. The Kier molecular flexibility index (Phi) is 3.43. The average Bonchev–Trinajstić information content (AvgIpc) is 2.68. The standard InChI is InChI=1S/C13H12Br2N2O/c14-12-7-13(15)17(16-12)8-9-5-6-18-11-4-2-1-3-10(9)11/h1-4,7,9H,5-6,8H2. The van der Waals surface area contributed by atoms with Crippen molar-refractivity contribution < 1.29 is 4.74 Å². The molecule has 0 radical (unpaired) electrons. The third-order valence-corrected chi connectivity index (χ3v) is 4.20. The van der Waals surface area contributed by atoms with Crippen LogP contribution in [0.3, 0.4) is 0 Å². The summed E-state index contributed by atoms with van der Waals surface area (Å²) in [5.74, 6) is 1.47. The molecule has 2 heterocycles. The number of benzene rings is 1. The van der Waals surface area contributed by atoms with Crippen LogP contribution < -0.4 is 4.74 Å². The molecular weight excluding hydrogens is 360 g/mol. The third kappa shape index (κ3) is 2.34. The highest BCUT2D eigenvalue weighted by Gasteiger charge is 2.22. The largest absolute Gasteiger partial charge is 0.493 e. The molecule has 1 aliphatic heterocycles. The van der Waals surface area contributed by atoms with Crippen LogP contribution in [0.15, 0.2) is 39.5 Å². The van der Waals surface area contributed by atoms with Gasteiger partial charge >= 0.3 is 0 Å². The van der Waals surface area contributed by atoms with E-state index in [1.807, 2.05) is 22.9 Å². The first-order valence-electron chi connectivity index (χ1n) is 5.84. The molecule has 94 valence electrons. The van der Waals surface area contributed by atoms with Gasteiger partial charge in [-0.25, -0.2) is 0 Å². The van der Waals surface area contributed by atoms with Crippen molar-refractivity contribution in [3.05, 3.63) is 45.1 Å². The molecule has 0 amide bonds. The normalized spacial score (nSPS) is 18.2. The van der Waals surface area contributed by atoms with Crippen LogP contribution >= 0.6 is 31.9 Å². The fraction of sp³-hybridized carbons (Fsp3) is 0.308. The van der Waals surface area contributed by atoms with Gasteiger partial charge in [0, 0.05) is 18.5 Å². The Bertz CT molecular complexity index is 568. The van der Waals surface area contributed by atoms with E-state index in [2.05, 4.69) is 49.1 Å². The molecule has 0 saturated heterocycles. The molecule has 1 aliphatic rings. The summed E-state index contributed by atoms with van der Waals surface area (Å²) in [6.45, 7) is 1.65. The van der Waals surface area contributed by atoms with Crippen molar-refractivity contribution >= 4 is 31.9 Å². The first-order valence-corrected chi connectivity index (χ1v) is 7.43. The van der Waals surface area contributed by atoms with E-state index >= 15 is 0 Å². The molecule has 3 rings (SSSR count). The molecule has 1 aromatic carbocycles. The fourth-order valence-corrected chi connectivity index (χ4v) is 3.46. The van der Waals surface area contributed by atoms with Crippen LogP contribution in [0.2, 0.25) is 0 Å². The lowest BCUT2D eigenvalue weighted by atomic mass is 9.93. The van der Waals surface area contributed by atoms with Crippen LogP contribution in [0.5, 0.6) is 5.75 Å². The van der Waals surface area contributed by atoms with E-state index in [-0.39, 0.29) is 0 Å². The Morgan fingerprint density at radius 3 is 2.94 bits per heavy atom. The Labute approximate surface area is 122 Å². The van der Waals surface area contributed by atoms with Gasteiger partial charge in [-0.3, -0.25) is 4.68 Å². The number of rotatable bonds is 2. The van der Waals surface area contributed by atoms with Crippen LogP contribution in [0, 0.1) is 0 Å². The highest BCUT2D eigenvalue weighted by Crippen LogP contribution is 2.35. The quantitative estimate of drug-likeness (QED) is 0.798. The summed E-state index contributed by atoms with van der Waals surface area (Å²) >= 11 is 6.92. The summed E-state index contributed by atoms with van der Waals surface area (Å²) in [4.78, 5) is 0. The molecule has 1 unspecified atom stereocenters. The van der Waals surface area contributed by atoms with E-state index in [4.69, 9.17) is 4.74 Å². The second kappa shape index (κ2) is 5.05. The van der Waals surface area contributed by atoms with E-state index in [0.29, 0.717) is 5.92 Å². The Morgan fingerprint density at radius 1 is 1.33 bits per heavy atom. The molecule has 0 spiro atoms. The number of nitrogens with zero attached hydrogens (tertiary/aromatic N) is 2. The van der Waals surface area contributed by atoms with Crippen LogP contribution in [0.25, 0.3) is 0 Å². The number of ether oxygens (including phenoxy) is 1. The predicted octanol–water partition coefficient (Wildman–Crippen LogP) is 3.97. The molecular formula is C13H12Br2N2O. The highest BCUT2D eigenvalue weighted by atomic mass is 79.9. The minimum atomic E-state index is 0.457. The number of hydrogen-bond donors (Lipinski definition) is 0. The monoisotopic (exact) mass is 370 g/mol. The molecule has 3 nitrogen and oxygen atoms in total. The molecule has 2 aromatic rings. The molecule has 0 saturated carbocycles. The summed E-state index contributed by atoms with van der Waals surface area (Å²) < 4.78 is 9.51. The zero-order valence-electron chi connectivity index (χ0n) is 9.64. The molecule has 0 fully saturated rings. The van der Waals surface area contributed by atoms with Crippen molar-refractivity contribution in [1.82, 2.24) is 9.78 Å². The first kappa shape index (κ1) is 12.2. The lowest BCUT2D eigenvalue weighted by Crippen LogP contribution is -2.19. The van der Waals surface area contributed by atoms with Gasteiger partial charge in [-0.05, 0) is 49.9 Å². The minimum absolute atomic E-state index is 0.457. The van der Waals surface area contributed by atoms with Gasteiger partial charge in [-0.1, -0.05) is 18.2 Å². The summed E-state index contributed by atoms with van der Waals surface area (Å²) in [7, 11) is 0. The van der Waals surface area contributed by atoms with Gasteiger partial charge in [0.2, 0.25) is 0 Å². The van der Waals surface area contributed by atoms with Gasteiger partial charge in [-0.15, -0.1) is 0 Å². The van der Waals surface area contributed by atoms with Gasteiger partial charge in [0.15, 0.2) is 0 Å². The smallest absolute Gasteiger partial charge is 0.129 e. The van der Waals surface area contributed by atoms with E-state index in [1.165, 1.54) is 5.56 Å². The molecule has 5 heteroatoms. The number of halogens is 2. The topological polar surface area (TPSA) is 27.1 Å². The predicted molar refractivity (Wildman–Crippen MR) is 76.9 cm³/mol. The lowest BCUT2D eigenvalue weighted by Gasteiger charge is -2.25. The van der Waals surface area contributed by atoms with Crippen molar-refractivity contribution in [1.29, 1.82) is 0 Å². The second-order valence-electron chi connectivity index (χ2n) is 4.34. The van der Waals surface area contributed by atoms with Crippen LogP contribution in [-0.4, -0.2) is 16.4 Å². The second-order valence-corrected chi connectivity index (χ2v) is 5.97. The van der Waals surface area contributed by atoms with Gasteiger partial charge in [-0.2, -0.15) is 5.10 Å². The van der Waals surface area contributed by atoms with Crippen molar-refractivity contribution in [2.45, 2.75) is 18.9 Å². The average molecular weight is 372 g/mol. The summed E-state index contributed by atoms with van der Waals surface area (Å²) in [6, 6.07) is 10.2. The summed E-state index contributed by atoms with van der Waals surface area (Å²) in [5.41, 5.74) is 1.28. The number of fused-ring (bicyclic) bond motifs is 1. The number of hydrogen-bond acceptors (Lipinski definition) is 2. The van der Waals surface area contributed by atoms with Crippen LogP contribution in [0.1, 0.15) is 17.9 Å². The van der Waals surface area contributed by atoms with Gasteiger partial charge in [0.05, 0.1) is 6.61 Å². The lowest BCUT2D eigenvalue weighted by molar-refractivity contribution is 0.256. The maximum absolute atomic E-state index is 5.68. The Balaban J connectivity index is 1.88. The fourth-order valence-electron chi connectivity index (χ4n) is 2.31. The van der Waals surface area contributed by atoms with Crippen molar-refractivity contribution in [2.75, 3.05) is 6.61 Å². The molecule has 0 aliphatic carbocycles.